The second-order valence-corrected chi connectivity index (χ2v) is 10.6. The van der Waals surface area contributed by atoms with Gasteiger partial charge in [0.1, 0.15) is 0 Å². The van der Waals surface area contributed by atoms with Gasteiger partial charge in [0.05, 0.1) is 16.9 Å². The van der Waals surface area contributed by atoms with Crippen LogP contribution in [0, 0.1) is 18.8 Å². The predicted octanol–water partition coefficient (Wildman–Crippen LogP) is 4.70. The maximum absolute atomic E-state index is 13.4. The van der Waals surface area contributed by atoms with Crippen molar-refractivity contribution in [2.75, 3.05) is 50.2 Å². The Morgan fingerprint density at radius 1 is 1.00 bits per heavy atom. The number of rotatable bonds is 7. The normalized spacial score (nSPS) is 11.1. The van der Waals surface area contributed by atoms with Crippen molar-refractivity contribution in [1.29, 1.82) is 0 Å². The number of nitrogen functional groups attached to an aromatic ring is 1. The number of aromatic nitrogens is 2. The number of hydrogen-bond donors (Lipinski definition) is 2. The molecule has 2 aromatic carbocycles. The topological polar surface area (TPSA) is 87.4 Å². The number of nitrogens with one attached hydrogen (secondary N) is 1. The number of anilines is 3. The Bertz CT molecular complexity index is 1300. The van der Waals surface area contributed by atoms with E-state index in [4.69, 9.17) is 5.73 Å². The van der Waals surface area contributed by atoms with Crippen molar-refractivity contribution in [3.8, 4) is 11.8 Å². The van der Waals surface area contributed by atoms with Gasteiger partial charge in [-0.05, 0) is 74.8 Å². The first-order valence-electron chi connectivity index (χ1n) is 12.5. The van der Waals surface area contributed by atoms with E-state index in [9.17, 15) is 4.79 Å². The second-order valence-electron chi connectivity index (χ2n) is 10.6. The van der Waals surface area contributed by atoms with Crippen LogP contribution in [0.1, 0.15) is 59.8 Å². The van der Waals surface area contributed by atoms with E-state index in [0.29, 0.717) is 11.1 Å². The second kappa shape index (κ2) is 11.9. The third-order valence-corrected chi connectivity index (χ3v) is 6.13. The molecule has 3 aromatic rings. The van der Waals surface area contributed by atoms with Gasteiger partial charge in [0.2, 0.25) is 5.95 Å². The van der Waals surface area contributed by atoms with Crippen LogP contribution in [0.5, 0.6) is 0 Å². The van der Waals surface area contributed by atoms with Crippen LogP contribution in [-0.4, -0.2) is 55.0 Å². The number of benzene rings is 2. The van der Waals surface area contributed by atoms with Gasteiger partial charge in [-0.3, -0.25) is 4.79 Å². The summed E-state index contributed by atoms with van der Waals surface area (Å²) in [4.78, 5) is 25.7. The van der Waals surface area contributed by atoms with Gasteiger partial charge < -0.3 is 20.9 Å². The van der Waals surface area contributed by atoms with Crippen LogP contribution in [-0.2, 0) is 5.41 Å². The molecule has 7 nitrogen and oxygen atoms in total. The molecule has 3 rings (SSSR count). The van der Waals surface area contributed by atoms with Gasteiger partial charge in [-0.15, -0.1) is 0 Å². The quantitative estimate of drug-likeness (QED) is 0.459. The van der Waals surface area contributed by atoms with Gasteiger partial charge in [0.15, 0.2) is 0 Å². The molecule has 0 unspecified atom stereocenters. The first-order valence-corrected chi connectivity index (χ1v) is 12.5. The monoisotopic (exact) mass is 498 g/mol. The fourth-order valence-electron chi connectivity index (χ4n) is 3.81. The lowest BCUT2D eigenvalue weighted by Gasteiger charge is -2.26. The number of carbonyl (C=O) groups excluding carboxylic acids is 1. The van der Waals surface area contributed by atoms with Crippen LogP contribution in [0.4, 0.5) is 17.3 Å². The molecular formula is C30H38N6O. The number of carbonyl (C=O) groups is 1. The molecule has 37 heavy (non-hydrogen) atoms. The van der Waals surface area contributed by atoms with Crippen molar-refractivity contribution >= 4 is 23.2 Å². The fraction of sp³-hybridized carbons (Fsp3) is 0.367. The first kappa shape index (κ1) is 27.7. The first-order chi connectivity index (χ1) is 17.4. The summed E-state index contributed by atoms with van der Waals surface area (Å²) in [5.41, 5.74) is 11.4. The van der Waals surface area contributed by atoms with Crippen LogP contribution in [0.15, 0.2) is 48.8 Å². The molecule has 0 aliphatic rings. The molecule has 1 aromatic heterocycles. The van der Waals surface area contributed by atoms with E-state index in [1.807, 2.05) is 25.1 Å². The van der Waals surface area contributed by atoms with E-state index in [2.05, 4.69) is 97.0 Å². The Hall–Kier alpha value is -3.89. The number of nitrogens with two attached hydrogens (primary N) is 1. The molecular weight excluding hydrogens is 460 g/mol. The molecule has 7 heteroatoms. The SMILES string of the molecule is Cc1ccc(C(=O)Nc2cc(C(C)(C)C)ccc2N(C)CCCN(C)C)cc1C#Cc1cnc(N)nc1. The largest absolute Gasteiger partial charge is 0.373 e. The van der Waals surface area contributed by atoms with E-state index in [1.54, 1.807) is 12.4 Å². The highest BCUT2D eigenvalue weighted by Gasteiger charge is 2.19. The number of aryl methyl sites for hydroxylation is 1. The molecule has 0 aliphatic carbocycles. The Labute approximate surface area is 221 Å². The van der Waals surface area contributed by atoms with E-state index >= 15 is 0 Å². The van der Waals surface area contributed by atoms with Gasteiger partial charge in [0, 0.05) is 37.1 Å². The van der Waals surface area contributed by atoms with Crippen molar-refractivity contribution < 1.29 is 4.79 Å². The third kappa shape index (κ3) is 7.80. The summed E-state index contributed by atoms with van der Waals surface area (Å²) in [7, 11) is 6.22. The minimum absolute atomic E-state index is 0.0417. The summed E-state index contributed by atoms with van der Waals surface area (Å²) in [6.07, 6.45) is 4.19. The number of hydrogen-bond acceptors (Lipinski definition) is 6. The van der Waals surface area contributed by atoms with Crippen molar-refractivity contribution in [3.63, 3.8) is 0 Å². The molecule has 0 aliphatic heterocycles. The van der Waals surface area contributed by atoms with Crippen molar-refractivity contribution in [2.24, 2.45) is 0 Å². The average Bonchev–Trinajstić information content (AvgIpc) is 2.83. The molecule has 0 saturated heterocycles. The van der Waals surface area contributed by atoms with Crippen LogP contribution in [0.3, 0.4) is 0 Å². The summed E-state index contributed by atoms with van der Waals surface area (Å²) < 4.78 is 0. The van der Waals surface area contributed by atoms with Gasteiger partial charge in [-0.1, -0.05) is 44.7 Å². The van der Waals surface area contributed by atoms with E-state index in [1.165, 1.54) is 0 Å². The van der Waals surface area contributed by atoms with E-state index in [0.717, 1.165) is 47.6 Å². The zero-order chi connectivity index (χ0) is 27.2. The zero-order valence-corrected chi connectivity index (χ0v) is 23.0. The zero-order valence-electron chi connectivity index (χ0n) is 23.0. The van der Waals surface area contributed by atoms with Crippen LogP contribution in [0.2, 0.25) is 0 Å². The molecule has 3 N–H and O–H groups in total. The minimum atomic E-state index is -0.173. The Kier molecular flexibility index (Phi) is 8.90. The van der Waals surface area contributed by atoms with Crippen LogP contribution >= 0.6 is 0 Å². The molecule has 0 bridgehead atoms. The minimum Gasteiger partial charge on any atom is -0.373 e. The van der Waals surface area contributed by atoms with Crippen LogP contribution < -0.4 is 16.0 Å². The number of amides is 1. The Morgan fingerprint density at radius 3 is 2.35 bits per heavy atom. The molecule has 0 saturated carbocycles. The van der Waals surface area contributed by atoms with Gasteiger partial charge in [-0.25, -0.2) is 9.97 Å². The summed E-state index contributed by atoms with van der Waals surface area (Å²) >= 11 is 0. The lowest BCUT2D eigenvalue weighted by Crippen LogP contribution is -2.25. The molecule has 0 spiro atoms. The van der Waals surface area contributed by atoms with Crippen molar-refractivity contribution in [2.45, 2.75) is 39.5 Å². The summed E-state index contributed by atoms with van der Waals surface area (Å²) in [5.74, 6) is 6.22. The Balaban J connectivity index is 1.88. The third-order valence-electron chi connectivity index (χ3n) is 6.13. The highest BCUT2D eigenvalue weighted by atomic mass is 16.1. The average molecular weight is 499 g/mol. The van der Waals surface area contributed by atoms with E-state index in [-0.39, 0.29) is 17.3 Å². The van der Waals surface area contributed by atoms with Gasteiger partial charge >= 0.3 is 0 Å². The van der Waals surface area contributed by atoms with Crippen LogP contribution in [0.25, 0.3) is 0 Å². The summed E-state index contributed by atoms with van der Waals surface area (Å²) in [5, 5.41) is 3.17. The maximum Gasteiger partial charge on any atom is 0.255 e. The summed E-state index contributed by atoms with van der Waals surface area (Å²) in [6.45, 7) is 10.4. The molecule has 0 radical (unpaired) electrons. The number of nitrogens with zero attached hydrogens (tertiary/aromatic N) is 4. The van der Waals surface area contributed by atoms with Gasteiger partial charge in [0.25, 0.3) is 5.91 Å². The Morgan fingerprint density at radius 2 is 1.70 bits per heavy atom. The fourth-order valence-corrected chi connectivity index (χ4v) is 3.81. The standard InChI is InChI=1S/C30H38N6O/c1-21-9-11-24(17-23(21)12-10-22-19-32-29(31)33-20-22)28(37)34-26-18-25(30(2,3)4)13-14-27(26)36(7)16-8-15-35(5)6/h9,11,13-14,17-20H,8,15-16H2,1-7H3,(H,34,37)(H2,31,32,33). The molecule has 0 fully saturated rings. The van der Waals surface area contributed by atoms with E-state index < -0.39 is 0 Å². The lowest BCUT2D eigenvalue weighted by atomic mass is 9.86. The predicted molar refractivity (Wildman–Crippen MR) is 153 cm³/mol. The molecule has 194 valence electrons. The highest BCUT2D eigenvalue weighted by Crippen LogP contribution is 2.32. The maximum atomic E-state index is 13.4. The highest BCUT2D eigenvalue weighted by molar-refractivity contribution is 6.06. The molecule has 1 amide bonds. The van der Waals surface area contributed by atoms with Crippen molar-refractivity contribution in [3.05, 3.63) is 76.6 Å². The molecule has 0 atom stereocenters. The smallest absolute Gasteiger partial charge is 0.255 e. The van der Waals surface area contributed by atoms with Crippen molar-refractivity contribution in [1.82, 2.24) is 14.9 Å². The molecule has 1 heterocycles. The van der Waals surface area contributed by atoms with Gasteiger partial charge in [-0.2, -0.15) is 0 Å². The lowest BCUT2D eigenvalue weighted by molar-refractivity contribution is 0.102. The summed E-state index contributed by atoms with van der Waals surface area (Å²) in [6, 6.07) is 11.9.